The summed E-state index contributed by atoms with van der Waals surface area (Å²) in [5.74, 6) is 0.665. The molecule has 0 saturated carbocycles. The lowest BCUT2D eigenvalue weighted by Gasteiger charge is -2.39. The van der Waals surface area contributed by atoms with E-state index in [-0.39, 0.29) is 17.6 Å². The van der Waals surface area contributed by atoms with Crippen molar-refractivity contribution in [3.63, 3.8) is 0 Å². The fourth-order valence-electron chi connectivity index (χ4n) is 2.93. The monoisotopic (exact) mass is 337 g/mol. The Bertz CT molecular complexity index is 914. The summed E-state index contributed by atoms with van der Waals surface area (Å²) in [6.07, 6.45) is -0.0535. The number of aromatic nitrogens is 1. The molecule has 1 aliphatic rings. The molecule has 1 amide bonds. The number of carbonyl (C=O) groups is 1. The van der Waals surface area contributed by atoms with Crippen molar-refractivity contribution in [1.29, 1.82) is 5.26 Å². The summed E-state index contributed by atoms with van der Waals surface area (Å²) >= 11 is 0. The number of nitriles is 1. The number of rotatable bonds is 3. The van der Waals surface area contributed by atoms with E-state index < -0.39 is 5.56 Å². The molecule has 3 rings (SSSR count). The highest BCUT2D eigenvalue weighted by Crippen LogP contribution is 2.26. The molecule has 128 valence electrons. The van der Waals surface area contributed by atoms with Crippen molar-refractivity contribution in [2.24, 2.45) is 0 Å². The molecule has 2 aromatic rings. The molecule has 1 fully saturated rings. The Hall–Kier alpha value is -3.07. The number of carbonyl (C=O) groups excluding carboxylic acids is 1. The summed E-state index contributed by atoms with van der Waals surface area (Å²) in [6, 6.07) is 9.14. The molecule has 0 bridgehead atoms. The number of nitrogens with one attached hydrogen (secondary N) is 1. The van der Waals surface area contributed by atoms with Crippen LogP contribution in [0.4, 0.5) is 0 Å². The van der Waals surface area contributed by atoms with Crippen LogP contribution in [-0.4, -0.2) is 35.0 Å². The average Bonchev–Trinajstić information content (AvgIpc) is 2.52. The van der Waals surface area contributed by atoms with Gasteiger partial charge in [-0.25, -0.2) is 0 Å². The number of benzene rings is 1. The first-order valence-electron chi connectivity index (χ1n) is 8.07. The number of ether oxygens (including phenoxy) is 1. The van der Waals surface area contributed by atoms with Crippen molar-refractivity contribution in [2.75, 3.05) is 13.1 Å². The van der Waals surface area contributed by atoms with Crippen molar-refractivity contribution < 1.29 is 9.53 Å². The molecule has 25 heavy (non-hydrogen) atoms. The molecule has 0 spiro atoms. The summed E-state index contributed by atoms with van der Waals surface area (Å²) in [5, 5.41) is 8.97. The highest BCUT2D eigenvalue weighted by Gasteiger charge is 2.34. The number of para-hydroxylation sites is 1. The molecule has 2 heterocycles. The van der Waals surface area contributed by atoms with E-state index in [9.17, 15) is 9.59 Å². The maximum atomic E-state index is 12.6. The van der Waals surface area contributed by atoms with Crippen molar-refractivity contribution >= 4 is 5.91 Å². The quantitative estimate of drug-likeness (QED) is 0.929. The van der Waals surface area contributed by atoms with Crippen LogP contribution in [0.15, 0.2) is 29.1 Å². The summed E-state index contributed by atoms with van der Waals surface area (Å²) < 4.78 is 6.02. The van der Waals surface area contributed by atoms with Crippen LogP contribution in [0.3, 0.4) is 0 Å². The minimum absolute atomic E-state index is 0.0535. The number of hydrogen-bond acceptors (Lipinski definition) is 4. The van der Waals surface area contributed by atoms with Gasteiger partial charge in [0.2, 0.25) is 0 Å². The zero-order chi connectivity index (χ0) is 18.1. The molecule has 1 saturated heterocycles. The van der Waals surface area contributed by atoms with Gasteiger partial charge >= 0.3 is 0 Å². The molecule has 0 atom stereocenters. The normalized spacial score (nSPS) is 13.9. The number of aryl methyl sites for hydroxylation is 3. The summed E-state index contributed by atoms with van der Waals surface area (Å²) in [7, 11) is 0. The van der Waals surface area contributed by atoms with Gasteiger partial charge in [0.15, 0.2) is 0 Å². The minimum Gasteiger partial charge on any atom is -0.486 e. The largest absolute Gasteiger partial charge is 0.486 e. The van der Waals surface area contributed by atoms with Crippen LogP contribution in [0.5, 0.6) is 5.75 Å². The van der Waals surface area contributed by atoms with Gasteiger partial charge in [-0.3, -0.25) is 9.59 Å². The van der Waals surface area contributed by atoms with Crippen LogP contribution in [0, 0.1) is 32.1 Å². The van der Waals surface area contributed by atoms with Gasteiger partial charge in [-0.05, 0) is 38.0 Å². The topological polar surface area (TPSA) is 86.2 Å². The molecule has 1 aromatic heterocycles. The first-order valence-corrected chi connectivity index (χ1v) is 8.07. The lowest BCUT2D eigenvalue weighted by molar-refractivity contribution is 0.0172. The Morgan fingerprint density at radius 3 is 2.52 bits per heavy atom. The number of pyridine rings is 1. The third-order valence-corrected chi connectivity index (χ3v) is 4.42. The second-order valence-corrected chi connectivity index (χ2v) is 6.33. The van der Waals surface area contributed by atoms with Crippen molar-refractivity contribution in [2.45, 2.75) is 26.9 Å². The SMILES string of the molecule is Cc1cccc(C)c1OC1CN(C(=O)c2cc(C#N)c(=O)[nH]c2C)C1. The first kappa shape index (κ1) is 16.8. The van der Waals surface area contributed by atoms with E-state index in [1.807, 2.05) is 38.1 Å². The second kappa shape index (κ2) is 6.44. The molecule has 1 aliphatic heterocycles. The van der Waals surface area contributed by atoms with Gasteiger partial charge in [0, 0.05) is 5.69 Å². The molecule has 1 aromatic carbocycles. The van der Waals surface area contributed by atoms with Gasteiger partial charge < -0.3 is 14.6 Å². The minimum atomic E-state index is -0.476. The van der Waals surface area contributed by atoms with Crippen LogP contribution in [0.2, 0.25) is 0 Å². The van der Waals surface area contributed by atoms with Gasteiger partial charge in [-0.2, -0.15) is 5.26 Å². The van der Waals surface area contributed by atoms with Crippen LogP contribution in [0.25, 0.3) is 0 Å². The van der Waals surface area contributed by atoms with Crippen LogP contribution in [-0.2, 0) is 0 Å². The van der Waals surface area contributed by atoms with Crippen LogP contribution in [0.1, 0.15) is 32.7 Å². The summed E-state index contributed by atoms with van der Waals surface area (Å²) in [5.41, 5.74) is 2.42. The molecule has 0 unspecified atom stereocenters. The van der Waals surface area contributed by atoms with Gasteiger partial charge in [-0.1, -0.05) is 18.2 Å². The Kier molecular flexibility index (Phi) is 4.32. The van der Waals surface area contributed by atoms with E-state index in [1.165, 1.54) is 6.07 Å². The van der Waals surface area contributed by atoms with Gasteiger partial charge in [-0.15, -0.1) is 0 Å². The number of aromatic amines is 1. The van der Waals surface area contributed by atoms with Crippen LogP contribution >= 0.6 is 0 Å². The number of H-pyrrole nitrogens is 1. The second-order valence-electron chi connectivity index (χ2n) is 6.33. The van der Waals surface area contributed by atoms with Gasteiger partial charge in [0.1, 0.15) is 23.5 Å². The van der Waals surface area contributed by atoms with Crippen molar-refractivity contribution in [3.05, 3.63) is 62.6 Å². The molecule has 6 nitrogen and oxygen atoms in total. The maximum Gasteiger partial charge on any atom is 0.266 e. The number of amides is 1. The predicted molar refractivity (Wildman–Crippen MR) is 92.8 cm³/mol. The lowest BCUT2D eigenvalue weighted by Crippen LogP contribution is -2.56. The maximum absolute atomic E-state index is 12.6. The van der Waals surface area contributed by atoms with E-state index in [4.69, 9.17) is 10.00 Å². The highest BCUT2D eigenvalue weighted by atomic mass is 16.5. The van der Waals surface area contributed by atoms with E-state index in [2.05, 4.69) is 4.98 Å². The van der Waals surface area contributed by atoms with E-state index in [0.717, 1.165) is 16.9 Å². The molecular weight excluding hydrogens is 318 g/mol. The van der Waals surface area contributed by atoms with Gasteiger partial charge in [0.05, 0.1) is 18.7 Å². The number of hydrogen-bond donors (Lipinski definition) is 1. The Labute approximate surface area is 145 Å². The average molecular weight is 337 g/mol. The van der Waals surface area contributed by atoms with Crippen LogP contribution < -0.4 is 10.3 Å². The van der Waals surface area contributed by atoms with Gasteiger partial charge in [0.25, 0.3) is 11.5 Å². The molecule has 6 heteroatoms. The zero-order valence-electron chi connectivity index (χ0n) is 14.4. The molecule has 1 N–H and O–H groups in total. The zero-order valence-corrected chi connectivity index (χ0v) is 14.4. The number of likely N-dealkylation sites (tertiary alicyclic amines) is 1. The summed E-state index contributed by atoms with van der Waals surface area (Å²) in [4.78, 5) is 28.4. The molecule has 0 radical (unpaired) electrons. The van der Waals surface area contributed by atoms with E-state index in [0.29, 0.717) is 24.3 Å². The molecular formula is C19H19N3O3. The molecule has 0 aliphatic carbocycles. The standard InChI is InChI=1S/C19H19N3O3/c1-11-5-4-6-12(2)17(11)25-15-9-22(10-15)19(24)16-7-14(8-20)18(23)21-13(16)3/h4-7,15H,9-10H2,1-3H3,(H,21,23). The first-order chi connectivity index (χ1) is 11.9. The van der Waals surface area contributed by atoms with E-state index in [1.54, 1.807) is 11.8 Å². The fraction of sp³-hybridized carbons (Fsp3) is 0.316. The summed E-state index contributed by atoms with van der Waals surface area (Å²) in [6.45, 7) is 6.61. The third-order valence-electron chi connectivity index (χ3n) is 4.42. The smallest absolute Gasteiger partial charge is 0.266 e. The predicted octanol–water partition coefficient (Wildman–Crippen LogP) is 2.08. The van der Waals surface area contributed by atoms with Crippen molar-refractivity contribution in [1.82, 2.24) is 9.88 Å². The lowest BCUT2D eigenvalue weighted by atomic mass is 10.1. The Morgan fingerprint density at radius 1 is 1.28 bits per heavy atom. The fourth-order valence-corrected chi connectivity index (χ4v) is 2.93. The van der Waals surface area contributed by atoms with Crippen molar-refractivity contribution in [3.8, 4) is 11.8 Å². The Morgan fingerprint density at radius 2 is 1.92 bits per heavy atom. The highest BCUT2D eigenvalue weighted by molar-refractivity contribution is 5.96. The Balaban J connectivity index is 1.70. The van der Waals surface area contributed by atoms with E-state index >= 15 is 0 Å². The third kappa shape index (κ3) is 3.13. The number of nitrogens with zero attached hydrogens (tertiary/aromatic N) is 2.